The Hall–Kier alpha value is -2.39. The number of carbonyl (C=O) groups is 2. The summed E-state index contributed by atoms with van der Waals surface area (Å²) in [5.41, 5.74) is -1.69. The van der Waals surface area contributed by atoms with E-state index in [4.69, 9.17) is 0 Å². The Balaban J connectivity index is 2.17. The predicted molar refractivity (Wildman–Crippen MR) is 93.5 cm³/mol. The van der Waals surface area contributed by atoms with E-state index in [1.54, 1.807) is 30.5 Å². The molecule has 144 valence electrons. The zero-order valence-electron chi connectivity index (χ0n) is 14.4. The first-order chi connectivity index (χ1) is 12.5. The molecule has 3 rings (SSSR count). The molecular formula is C18H17F3N2O3S. The summed E-state index contributed by atoms with van der Waals surface area (Å²) >= 11 is 0.971. The molecule has 0 spiro atoms. The molecule has 27 heavy (non-hydrogen) atoms. The monoisotopic (exact) mass is 398 g/mol. The zero-order valence-corrected chi connectivity index (χ0v) is 15.2. The second-order valence-corrected chi connectivity index (χ2v) is 7.45. The fourth-order valence-electron chi connectivity index (χ4n) is 3.15. The third-order valence-electron chi connectivity index (χ3n) is 4.74. The highest BCUT2D eigenvalue weighted by Crippen LogP contribution is 2.44. The standard InChI is InChI=1S/C18H17F3N2O3S/c1-9-5-6-11(8-10(9)2)14-13(15(24)12-4-3-7-27-12)17(26,18(19,20)21)23-16(25)22-14/h3-8,13-14,26H,1-2H3,(H2,22,23,25). The van der Waals surface area contributed by atoms with Crippen LogP contribution in [0.1, 0.15) is 32.4 Å². The van der Waals surface area contributed by atoms with Crippen LogP contribution in [-0.2, 0) is 0 Å². The van der Waals surface area contributed by atoms with Crippen LogP contribution in [0.2, 0.25) is 0 Å². The Kier molecular flexibility index (Phi) is 4.77. The van der Waals surface area contributed by atoms with Gasteiger partial charge in [0.1, 0.15) is 5.92 Å². The molecule has 1 aromatic heterocycles. The van der Waals surface area contributed by atoms with Gasteiger partial charge in [-0.15, -0.1) is 11.3 Å². The van der Waals surface area contributed by atoms with Crippen molar-refractivity contribution in [3.63, 3.8) is 0 Å². The zero-order chi connectivity index (χ0) is 20.0. The number of carbonyl (C=O) groups excluding carboxylic acids is 2. The molecule has 9 heteroatoms. The van der Waals surface area contributed by atoms with Crippen LogP contribution in [0.25, 0.3) is 0 Å². The Morgan fingerprint density at radius 2 is 1.93 bits per heavy atom. The first-order valence-corrected chi connectivity index (χ1v) is 8.95. The summed E-state index contributed by atoms with van der Waals surface area (Å²) in [5.74, 6) is -2.89. The number of hydrogen-bond acceptors (Lipinski definition) is 4. The maximum Gasteiger partial charge on any atom is 0.437 e. The molecule has 2 amide bonds. The number of aryl methyl sites for hydroxylation is 2. The molecule has 1 fully saturated rings. The molecule has 1 aliphatic heterocycles. The summed E-state index contributed by atoms with van der Waals surface area (Å²) in [6.45, 7) is 3.61. The fourth-order valence-corrected chi connectivity index (χ4v) is 3.85. The molecule has 3 atom stereocenters. The third-order valence-corrected chi connectivity index (χ3v) is 5.63. The Morgan fingerprint density at radius 1 is 1.22 bits per heavy atom. The van der Waals surface area contributed by atoms with Crippen LogP contribution in [0.15, 0.2) is 35.7 Å². The first-order valence-electron chi connectivity index (χ1n) is 8.07. The van der Waals surface area contributed by atoms with Crippen molar-refractivity contribution in [1.82, 2.24) is 10.6 Å². The first kappa shape index (κ1) is 19.4. The number of Topliss-reactive ketones (excluding diaryl/α,β-unsaturated/α-hetero) is 1. The summed E-state index contributed by atoms with van der Waals surface area (Å²) < 4.78 is 41.2. The van der Waals surface area contributed by atoms with E-state index >= 15 is 0 Å². The fraction of sp³-hybridized carbons (Fsp3) is 0.333. The van der Waals surface area contributed by atoms with E-state index in [-0.39, 0.29) is 4.88 Å². The summed E-state index contributed by atoms with van der Waals surface area (Å²) in [6, 6.07) is 5.22. The van der Waals surface area contributed by atoms with Gasteiger partial charge in [-0.2, -0.15) is 13.2 Å². The lowest BCUT2D eigenvalue weighted by Gasteiger charge is -2.45. The SMILES string of the molecule is Cc1ccc(C2NC(=O)NC(O)(C(F)(F)F)C2C(=O)c2cccs2)cc1C. The average Bonchev–Trinajstić information content (AvgIpc) is 3.09. The molecule has 5 nitrogen and oxygen atoms in total. The molecule has 2 aromatic rings. The van der Waals surface area contributed by atoms with Crippen molar-refractivity contribution in [3.8, 4) is 0 Å². The topological polar surface area (TPSA) is 78.4 Å². The minimum atomic E-state index is -5.25. The van der Waals surface area contributed by atoms with Crippen LogP contribution >= 0.6 is 11.3 Å². The number of amides is 2. The molecule has 1 aliphatic rings. The molecular weight excluding hydrogens is 381 g/mol. The van der Waals surface area contributed by atoms with Gasteiger partial charge >= 0.3 is 12.2 Å². The molecule has 0 bridgehead atoms. The van der Waals surface area contributed by atoms with Gasteiger partial charge in [0, 0.05) is 0 Å². The summed E-state index contributed by atoms with van der Waals surface area (Å²) in [5, 5.41) is 15.9. The van der Waals surface area contributed by atoms with Crippen LogP contribution < -0.4 is 10.6 Å². The highest BCUT2D eigenvalue weighted by atomic mass is 32.1. The van der Waals surface area contributed by atoms with Gasteiger partial charge in [-0.3, -0.25) is 4.79 Å². The van der Waals surface area contributed by atoms with Gasteiger partial charge in [-0.25, -0.2) is 4.79 Å². The minimum absolute atomic E-state index is 0.0643. The molecule has 0 saturated carbocycles. The van der Waals surface area contributed by atoms with Crippen LogP contribution in [0.5, 0.6) is 0 Å². The van der Waals surface area contributed by atoms with Gasteiger partial charge in [0.25, 0.3) is 0 Å². The number of aliphatic hydroxyl groups is 1. The molecule has 1 saturated heterocycles. The van der Waals surface area contributed by atoms with Gasteiger partial charge in [0.2, 0.25) is 5.72 Å². The van der Waals surface area contributed by atoms with Gasteiger partial charge in [0.15, 0.2) is 5.78 Å². The van der Waals surface area contributed by atoms with E-state index in [2.05, 4.69) is 5.32 Å². The van der Waals surface area contributed by atoms with Gasteiger partial charge in [0.05, 0.1) is 10.9 Å². The van der Waals surface area contributed by atoms with Crippen LogP contribution in [0, 0.1) is 19.8 Å². The molecule has 2 heterocycles. The number of hydrogen-bond donors (Lipinski definition) is 3. The highest BCUT2D eigenvalue weighted by molar-refractivity contribution is 7.12. The number of thiophene rings is 1. The maximum atomic E-state index is 13.7. The van der Waals surface area contributed by atoms with Gasteiger partial charge in [-0.05, 0) is 42.0 Å². The number of benzene rings is 1. The molecule has 3 N–H and O–H groups in total. The van der Waals surface area contributed by atoms with Crippen molar-refractivity contribution in [2.75, 3.05) is 0 Å². The van der Waals surface area contributed by atoms with Gasteiger partial charge in [-0.1, -0.05) is 24.3 Å². The van der Waals surface area contributed by atoms with Crippen molar-refractivity contribution in [1.29, 1.82) is 0 Å². The number of alkyl halides is 3. The smallest absolute Gasteiger partial charge is 0.363 e. The van der Waals surface area contributed by atoms with Crippen molar-refractivity contribution in [2.24, 2.45) is 5.92 Å². The summed E-state index contributed by atoms with van der Waals surface area (Å²) in [7, 11) is 0. The van der Waals surface area contributed by atoms with E-state index in [1.165, 1.54) is 17.4 Å². The van der Waals surface area contributed by atoms with E-state index in [0.29, 0.717) is 5.56 Å². The normalized spacial score (nSPS) is 25.6. The van der Waals surface area contributed by atoms with Crippen LogP contribution in [0.3, 0.4) is 0 Å². The second-order valence-electron chi connectivity index (χ2n) is 6.50. The maximum absolute atomic E-state index is 13.7. The quantitative estimate of drug-likeness (QED) is 0.693. The molecule has 0 aliphatic carbocycles. The van der Waals surface area contributed by atoms with E-state index in [0.717, 1.165) is 22.5 Å². The minimum Gasteiger partial charge on any atom is -0.363 e. The summed E-state index contributed by atoms with van der Waals surface area (Å²) in [6.07, 6.45) is -5.25. The largest absolute Gasteiger partial charge is 0.437 e. The number of halogens is 3. The van der Waals surface area contributed by atoms with Crippen molar-refractivity contribution >= 4 is 23.2 Å². The Labute approximate surface area is 157 Å². The van der Waals surface area contributed by atoms with Crippen molar-refractivity contribution in [3.05, 3.63) is 57.3 Å². The van der Waals surface area contributed by atoms with Crippen LogP contribution in [-0.4, -0.2) is 28.8 Å². The lowest BCUT2D eigenvalue weighted by atomic mass is 9.78. The van der Waals surface area contributed by atoms with E-state index in [9.17, 15) is 27.9 Å². The van der Waals surface area contributed by atoms with Crippen LogP contribution in [0.4, 0.5) is 18.0 Å². The molecule has 0 radical (unpaired) electrons. The van der Waals surface area contributed by atoms with Gasteiger partial charge < -0.3 is 15.7 Å². The number of rotatable bonds is 3. The lowest BCUT2D eigenvalue weighted by molar-refractivity contribution is -0.287. The third kappa shape index (κ3) is 3.32. The highest BCUT2D eigenvalue weighted by Gasteiger charge is 2.66. The number of ketones is 1. The Morgan fingerprint density at radius 3 is 2.48 bits per heavy atom. The summed E-state index contributed by atoms with van der Waals surface area (Å²) in [4.78, 5) is 24.9. The molecule has 1 aromatic carbocycles. The van der Waals surface area contributed by atoms with E-state index in [1.807, 2.05) is 6.92 Å². The lowest BCUT2D eigenvalue weighted by Crippen LogP contribution is -2.72. The molecule has 3 unspecified atom stereocenters. The van der Waals surface area contributed by atoms with Crippen molar-refractivity contribution < 1.29 is 27.9 Å². The van der Waals surface area contributed by atoms with E-state index < -0.39 is 35.7 Å². The predicted octanol–water partition coefficient (Wildman–Crippen LogP) is 3.47. The second kappa shape index (κ2) is 6.65. The number of nitrogens with one attached hydrogen (secondary N) is 2. The van der Waals surface area contributed by atoms with Crippen molar-refractivity contribution in [2.45, 2.75) is 31.8 Å². The Bertz CT molecular complexity index is 882. The average molecular weight is 398 g/mol. The number of urea groups is 1.